The Morgan fingerprint density at radius 1 is 1.29 bits per heavy atom. The van der Waals surface area contributed by atoms with Gasteiger partial charge in [-0.3, -0.25) is 9.78 Å². The second kappa shape index (κ2) is 9.21. The van der Waals surface area contributed by atoms with Gasteiger partial charge in [0, 0.05) is 25.3 Å². The number of hydrogen-bond donors (Lipinski definition) is 1. The molecular formula is C27H33N5O3. The third kappa shape index (κ3) is 4.95. The van der Waals surface area contributed by atoms with Gasteiger partial charge < -0.3 is 19.9 Å². The Morgan fingerprint density at radius 2 is 2.03 bits per heavy atom. The smallest absolute Gasteiger partial charge is 0.407 e. The van der Waals surface area contributed by atoms with E-state index in [1.54, 1.807) is 17.2 Å². The normalized spacial score (nSPS) is 19.2. The van der Waals surface area contributed by atoms with Crippen LogP contribution in [0.25, 0.3) is 0 Å². The molecular weight excluding hydrogens is 442 g/mol. The van der Waals surface area contributed by atoms with Gasteiger partial charge in [-0.2, -0.15) is 5.26 Å². The van der Waals surface area contributed by atoms with Crippen LogP contribution in [0.3, 0.4) is 0 Å². The molecule has 8 heteroatoms. The number of fused-ring (bicyclic) bond motifs is 1. The van der Waals surface area contributed by atoms with Crippen molar-refractivity contribution in [1.29, 1.82) is 5.26 Å². The van der Waals surface area contributed by atoms with Crippen molar-refractivity contribution < 1.29 is 14.3 Å². The fourth-order valence-corrected chi connectivity index (χ4v) is 4.84. The highest BCUT2D eigenvalue weighted by atomic mass is 16.6. The number of rotatable bonds is 4. The lowest BCUT2D eigenvalue weighted by molar-refractivity contribution is -0.122. The van der Waals surface area contributed by atoms with Crippen LogP contribution in [0.2, 0.25) is 0 Å². The molecule has 1 atom stereocenters. The third-order valence-electron chi connectivity index (χ3n) is 6.49. The first-order valence-electron chi connectivity index (χ1n) is 12.0. The number of carbonyl (C=O) groups is 2. The summed E-state index contributed by atoms with van der Waals surface area (Å²) in [7, 11) is 0. The summed E-state index contributed by atoms with van der Waals surface area (Å²) in [6.07, 6.45) is 3.08. The predicted octanol–water partition coefficient (Wildman–Crippen LogP) is 4.27. The van der Waals surface area contributed by atoms with Crippen molar-refractivity contribution in [2.75, 3.05) is 22.9 Å². The standard InChI is InChI=1S/C27H33N5O3/c1-26(2,3)35-25(34)30-20-11-8-14-31(17-20)21-12-13-29-23-22(21)32(24(33)27(23,4)5)16-19-10-7-6-9-18(19)15-28/h6-7,9-10,12-13,20H,8,11,14,16-17H2,1-5H3,(H,30,34). The molecule has 1 unspecified atom stereocenters. The van der Waals surface area contributed by atoms with Crippen molar-refractivity contribution >= 4 is 23.4 Å². The molecule has 8 nitrogen and oxygen atoms in total. The van der Waals surface area contributed by atoms with Crippen LogP contribution in [-0.2, 0) is 21.5 Å². The molecule has 35 heavy (non-hydrogen) atoms. The summed E-state index contributed by atoms with van der Waals surface area (Å²) in [6.45, 7) is 11.0. The number of aromatic nitrogens is 1. The van der Waals surface area contributed by atoms with Gasteiger partial charge in [0.1, 0.15) is 5.60 Å². The van der Waals surface area contributed by atoms with Gasteiger partial charge in [0.25, 0.3) is 0 Å². The van der Waals surface area contributed by atoms with E-state index < -0.39 is 17.1 Å². The van der Waals surface area contributed by atoms with Crippen LogP contribution in [0.15, 0.2) is 36.5 Å². The maximum Gasteiger partial charge on any atom is 0.407 e. The molecule has 1 saturated heterocycles. The topological polar surface area (TPSA) is 98.6 Å². The van der Waals surface area contributed by atoms with Crippen LogP contribution in [0.5, 0.6) is 0 Å². The van der Waals surface area contributed by atoms with E-state index in [-0.39, 0.29) is 11.9 Å². The Morgan fingerprint density at radius 3 is 2.74 bits per heavy atom. The van der Waals surface area contributed by atoms with Gasteiger partial charge in [-0.15, -0.1) is 0 Å². The van der Waals surface area contributed by atoms with Crippen molar-refractivity contribution in [2.45, 2.75) is 71.1 Å². The number of ether oxygens (including phenoxy) is 1. The molecule has 0 saturated carbocycles. The van der Waals surface area contributed by atoms with E-state index in [0.29, 0.717) is 18.7 Å². The minimum absolute atomic E-state index is 0.0411. The molecule has 184 valence electrons. The van der Waals surface area contributed by atoms with Crippen LogP contribution < -0.4 is 15.1 Å². The molecule has 1 N–H and O–H groups in total. The number of benzene rings is 1. The molecule has 0 aliphatic carbocycles. The average Bonchev–Trinajstić information content (AvgIpc) is 2.99. The van der Waals surface area contributed by atoms with E-state index >= 15 is 0 Å². The van der Waals surface area contributed by atoms with Crippen LogP contribution in [0, 0.1) is 11.3 Å². The highest BCUT2D eigenvalue weighted by molar-refractivity contribution is 6.09. The summed E-state index contributed by atoms with van der Waals surface area (Å²) in [5.41, 5.74) is 2.44. The molecule has 3 heterocycles. The van der Waals surface area contributed by atoms with Gasteiger partial charge in [0.2, 0.25) is 5.91 Å². The van der Waals surface area contributed by atoms with Crippen LogP contribution in [0.4, 0.5) is 16.2 Å². The van der Waals surface area contributed by atoms with Crippen molar-refractivity contribution in [3.63, 3.8) is 0 Å². The minimum atomic E-state index is -0.781. The number of piperidine rings is 1. The Kier molecular flexibility index (Phi) is 6.46. The number of carbonyl (C=O) groups excluding carboxylic acids is 2. The Labute approximate surface area is 206 Å². The van der Waals surface area contributed by atoms with E-state index in [0.717, 1.165) is 42.0 Å². The van der Waals surface area contributed by atoms with E-state index in [1.165, 1.54) is 0 Å². The highest BCUT2D eigenvalue weighted by Crippen LogP contribution is 2.46. The fourth-order valence-electron chi connectivity index (χ4n) is 4.84. The highest BCUT2D eigenvalue weighted by Gasteiger charge is 2.47. The average molecular weight is 476 g/mol. The van der Waals surface area contributed by atoms with Crippen LogP contribution >= 0.6 is 0 Å². The Hall–Kier alpha value is -3.60. The molecule has 2 aromatic rings. The van der Waals surface area contributed by atoms with Crippen LogP contribution in [-0.4, -0.2) is 41.7 Å². The van der Waals surface area contributed by atoms with E-state index in [1.807, 2.05) is 58.9 Å². The number of pyridine rings is 1. The first-order chi connectivity index (χ1) is 16.5. The zero-order valence-electron chi connectivity index (χ0n) is 21.1. The lowest BCUT2D eigenvalue weighted by atomic mass is 9.90. The number of nitrogens with one attached hydrogen (secondary N) is 1. The third-order valence-corrected chi connectivity index (χ3v) is 6.49. The predicted molar refractivity (Wildman–Crippen MR) is 134 cm³/mol. The lowest BCUT2D eigenvalue weighted by Crippen LogP contribution is -2.49. The number of anilines is 2. The van der Waals surface area contributed by atoms with Crippen molar-refractivity contribution in [3.05, 3.63) is 53.3 Å². The number of hydrogen-bond acceptors (Lipinski definition) is 6. The molecule has 2 aliphatic rings. The van der Waals surface area contributed by atoms with E-state index in [2.05, 4.69) is 21.3 Å². The van der Waals surface area contributed by atoms with Gasteiger partial charge in [-0.05, 0) is 65.2 Å². The van der Waals surface area contributed by atoms with Crippen molar-refractivity contribution in [2.24, 2.45) is 0 Å². The zero-order valence-corrected chi connectivity index (χ0v) is 21.1. The summed E-state index contributed by atoms with van der Waals surface area (Å²) < 4.78 is 5.44. The Balaban J connectivity index is 1.65. The Bertz CT molecular complexity index is 1180. The SMILES string of the molecule is CC(C)(C)OC(=O)NC1CCCN(c2ccnc3c2N(Cc2ccccc2C#N)C(=O)C3(C)C)C1. The molecule has 4 rings (SSSR count). The largest absolute Gasteiger partial charge is 0.444 e. The second-order valence-electron chi connectivity index (χ2n) is 10.7. The molecule has 0 bridgehead atoms. The number of amides is 2. The van der Waals surface area contributed by atoms with Gasteiger partial charge in [-0.25, -0.2) is 4.79 Å². The first-order valence-corrected chi connectivity index (χ1v) is 12.0. The van der Waals surface area contributed by atoms with Gasteiger partial charge in [0.05, 0.1) is 40.7 Å². The second-order valence-corrected chi connectivity index (χ2v) is 10.7. The molecule has 1 fully saturated rings. The molecule has 0 spiro atoms. The van der Waals surface area contributed by atoms with Gasteiger partial charge in [0.15, 0.2) is 0 Å². The summed E-state index contributed by atoms with van der Waals surface area (Å²) in [6, 6.07) is 11.5. The number of nitriles is 1. The quantitative estimate of drug-likeness (QED) is 0.709. The van der Waals surface area contributed by atoms with Crippen molar-refractivity contribution in [1.82, 2.24) is 10.3 Å². The fraction of sp³-hybridized carbons (Fsp3) is 0.481. The first kappa shape index (κ1) is 24.5. The molecule has 2 aliphatic heterocycles. The lowest BCUT2D eigenvalue weighted by Gasteiger charge is -2.36. The number of alkyl carbamates (subject to hydrolysis) is 1. The maximum atomic E-state index is 13.6. The van der Waals surface area contributed by atoms with Gasteiger partial charge >= 0.3 is 6.09 Å². The van der Waals surface area contributed by atoms with Crippen molar-refractivity contribution in [3.8, 4) is 6.07 Å². The summed E-state index contributed by atoms with van der Waals surface area (Å²) in [4.78, 5) is 34.5. The monoisotopic (exact) mass is 475 g/mol. The zero-order chi connectivity index (χ0) is 25.4. The summed E-state index contributed by atoms with van der Waals surface area (Å²) in [5, 5.41) is 12.6. The maximum absolute atomic E-state index is 13.6. The molecule has 2 amide bonds. The summed E-state index contributed by atoms with van der Waals surface area (Å²) in [5.74, 6) is -0.0411. The van der Waals surface area contributed by atoms with Gasteiger partial charge in [-0.1, -0.05) is 18.2 Å². The van der Waals surface area contributed by atoms with Crippen LogP contribution in [0.1, 0.15) is 64.3 Å². The minimum Gasteiger partial charge on any atom is -0.444 e. The molecule has 0 radical (unpaired) electrons. The van der Waals surface area contributed by atoms with E-state index in [9.17, 15) is 14.9 Å². The molecule has 1 aromatic carbocycles. The molecule has 1 aromatic heterocycles. The number of nitrogens with zero attached hydrogens (tertiary/aromatic N) is 4. The summed E-state index contributed by atoms with van der Waals surface area (Å²) >= 11 is 0. The van der Waals surface area contributed by atoms with E-state index in [4.69, 9.17) is 4.74 Å².